The molecule has 6 heteroatoms. The van der Waals surface area contributed by atoms with E-state index in [9.17, 15) is 9.90 Å². The van der Waals surface area contributed by atoms with Crippen LogP contribution in [0.1, 0.15) is 30.9 Å². The van der Waals surface area contributed by atoms with Gasteiger partial charge in [0.05, 0.1) is 0 Å². The standard InChI is InChI=1S/C19H24N4O2/c1-14(2)15-4-5-16(18(25)17(24)12-15)13-22-8-10-23(11-9-22)19-20-6-3-7-21-19/h3-7,12,14H,8-11,13H2,1-2H3,(H,24,25). The summed E-state index contributed by atoms with van der Waals surface area (Å²) in [7, 11) is 0. The van der Waals surface area contributed by atoms with Crippen molar-refractivity contribution >= 4 is 5.95 Å². The normalized spacial score (nSPS) is 15.6. The van der Waals surface area contributed by atoms with Crippen molar-refractivity contribution in [1.82, 2.24) is 14.9 Å². The molecule has 1 N–H and O–H groups in total. The van der Waals surface area contributed by atoms with Crippen molar-refractivity contribution in [3.05, 3.63) is 58.0 Å². The summed E-state index contributed by atoms with van der Waals surface area (Å²) in [6.07, 6.45) is 3.50. The minimum Gasteiger partial charge on any atom is -0.504 e. The van der Waals surface area contributed by atoms with Gasteiger partial charge in [-0.05, 0) is 23.6 Å². The number of nitrogens with zero attached hydrogens (tertiary/aromatic N) is 4. The number of piperazine rings is 1. The first-order valence-electron chi connectivity index (χ1n) is 8.65. The molecule has 2 aromatic rings. The molecule has 0 atom stereocenters. The van der Waals surface area contributed by atoms with Crippen LogP contribution in [-0.2, 0) is 6.54 Å². The van der Waals surface area contributed by atoms with Crippen molar-refractivity contribution in [1.29, 1.82) is 0 Å². The number of hydrogen-bond acceptors (Lipinski definition) is 6. The van der Waals surface area contributed by atoms with E-state index >= 15 is 0 Å². The molecule has 1 aliphatic rings. The third kappa shape index (κ3) is 4.14. The lowest BCUT2D eigenvalue weighted by molar-refractivity contribution is 0.245. The summed E-state index contributed by atoms with van der Waals surface area (Å²) in [6, 6.07) is 7.16. The van der Waals surface area contributed by atoms with Gasteiger partial charge in [-0.15, -0.1) is 0 Å². The molecule has 0 aliphatic carbocycles. The van der Waals surface area contributed by atoms with Crippen molar-refractivity contribution in [3.63, 3.8) is 0 Å². The Labute approximate surface area is 147 Å². The highest BCUT2D eigenvalue weighted by molar-refractivity contribution is 5.35. The molecular formula is C19H24N4O2. The van der Waals surface area contributed by atoms with Crippen molar-refractivity contribution in [3.8, 4) is 5.75 Å². The van der Waals surface area contributed by atoms with Crippen LogP contribution in [0.5, 0.6) is 5.75 Å². The Morgan fingerprint density at radius 3 is 2.44 bits per heavy atom. The molecule has 0 bridgehead atoms. The van der Waals surface area contributed by atoms with Gasteiger partial charge in [-0.1, -0.05) is 26.0 Å². The van der Waals surface area contributed by atoms with Gasteiger partial charge in [-0.2, -0.15) is 0 Å². The highest BCUT2D eigenvalue weighted by atomic mass is 16.3. The monoisotopic (exact) mass is 340 g/mol. The quantitative estimate of drug-likeness (QED) is 0.918. The maximum atomic E-state index is 12.2. The van der Waals surface area contributed by atoms with E-state index in [4.69, 9.17) is 0 Å². The first-order chi connectivity index (χ1) is 12.0. The molecule has 0 unspecified atom stereocenters. The summed E-state index contributed by atoms with van der Waals surface area (Å²) in [5.41, 5.74) is 1.32. The molecule has 25 heavy (non-hydrogen) atoms. The van der Waals surface area contributed by atoms with E-state index in [2.05, 4.69) is 19.8 Å². The van der Waals surface area contributed by atoms with Crippen LogP contribution >= 0.6 is 0 Å². The Morgan fingerprint density at radius 1 is 1.12 bits per heavy atom. The van der Waals surface area contributed by atoms with Crippen molar-refractivity contribution in [2.45, 2.75) is 26.3 Å². The Kier molecular flexibility index (Phi) is 5.28. The van der Waals surface area contributed by atoms with Gasteiger partial charge in [-0.25, -0.2) is 9.97 Å². The Hall–Kier alpha value is -2.47. The third-order valence-corrected chi connectivity index (χ3v) is 4.58. The predicted octanol–water partition coefficient (Wildman–Crippen LogP) is 1.99. The van der Waals surface area contributed by atoms with E-state index in [0.717, 1.165) is 37.7 Å². The first-order valence-corrected chi connectivity index (χ1v) is 8.65. The molecule has 1 aliphatic heterocycles. The summed E-state index contributed by atoms with van der Waals surface area (Å²) in [4.78, 5) is 25.1. The lowest BCUT2D eigenvalue weighted by Gasteiger charge is -2.34. The van der Waals surface area contributed by atoms with E-state index in [1.165, 1.54) is 6.07 Å². The summed E-state index contributed by atoms with van der Waals surface area (Å²) >= 11 is 0. The summed E-state index contributed by atoms with van der Waals surface area (Å²) in [5.74, 6) is 0.863. The molecule has 0 spiro atoms. The molecule has 1 fully saturated rings. The molecule has 1 aromatic carbocycles. The number of rotatable bonds is 4. The highest BCUT2D eigenvalue weighted by Crippen LogP contribution is 2.19. The number of anilines is 1. The fourth-order valence-corrected chi connectivity index (χ4v) is 2.99. The summed E-state index contributed by atoms with van der Waals surface area (Å²) in [5, 5.41) is 10.3. The molecule has 6 nitrogen and oxygen atoms in total. The summed E-state index contributed by atoms with van der Waals surface area (Å²) in [6.45, 7) is 7.96. The van der Waals surface area contributed by atoms with Crippen LogP contribution in [0.2, 0.25) is 0 Å². The lowest BCUT2D eigenvalue weighted by Crippen LogP contribution is -2.46. The first kappa shape index (κ1) is 17.4. The van der Waals surface area contributed by atoms with Gasteiger partial charge in [0.2, 0.25) is 11.4 Å². The van der Waals surface area contributed by atoms with E-state index in [1.54, 1.807) is 12.4 Å². The van der Waals surface area contributed by atoms with Crippen LogP contribution in [0.15, 0.2) is 41.5 Å². The fraction of sp³-hybridized carbons (Fsp3) is 0.421. The van der Waals surface area contributed by atoms with Crippen molar-refractivity contribution < 1.29 is 5.11 Å². The Bertz CT molecular complexity index is 772. The predicted molar refractivity (Wildman–Crippen MR) is 98.0 cm³/mol. The van der Waals surface area contributed by atoms with Gasteiger partial charge in [0, 0.05) is 50.7 Å². The third-order valence-electron chi connectivity index (χ3n) is 4.58. The second-order valence-corrected chi connectivity index (χ2v) is 6.68. The highest BCUT2D eigenvalue weighted by Gasteiger charge is 2.20. The van der Waals surface area contributed by atoms with Crippen molar-refractivity contribution in [2.24, 2.45) is 0 Å². The van der Waals surface area contributed by atoms with E-state index in [1.807, 2.05) is 32.0 Å². The maximum Gasteiger partial charge on any atom is 0.225 e. The molecular weight excluding hydrogens is 316 g/mol. The average Bonchev–Trinajstić information content (AvgIpc) is 2.77. The number of aromatic nitrogens is 2. The van der Waals surface area contributed by atoms with Crippen LogP contribution in [0.3, 0.4) is 0 Å². The van der Waals surface area contributed by atoms with E-state index in [-0.39, 0.29) is 17.1 Å². The van der Waals surface area contributed by atoms with Crippen LogP contribution in [0.25, 0.3) is 0 Å². The maximum absolute atomic E-state index is 12.2. The minimum atomic E-state index is -0.306. The Morgan fingerprint density at radius 2 is 1.80 bits per heavy atom. The zero-order chi connectivity index (χ0) is 17.8. The second kappa shape index (κ2) is 7.61. The fourth-order valence-electron chi connectivity index (χ4n) is 2.99. The van der Waals surface area contributed by atoms with Crippen LogP contribution < -0.4 is 10.3 Å². The van der Waals surface area contributed by atoms with Crippen molar-refractivity contribution in [2.75, 3.05) is 31.1 Å². The molecule has 1 aromatic heterocycles. The molecule has 0 saturated carbocycles. The summed E-state index contributed by atoms with van der Waals surface area (Å²) < 4.78 is 0. The zero-order valence-electron chi connectivity index (χ0n) is 14.7. The largest absolute Gasteiger partial charge is 0.504 e. The van der Waals surface area contributed by atoms with Crippen LogP contribution in [-0.4, -0.2) is 46.2 Å². The molecule has 3 rings (SSSR count). The minimum absolute atomic E-state index is 0.138. The van der Waals surface area contributed by atoms with E-state index < -0.39 is 0 Å². The lowest BCUT2D eigenvalue weighted by atomic mass is 10.1. The average molecular weight is 340 g/mol. The van der Waals surface area contributed by atoms with Gasteiger partial charge < -0.3 is 10.0 Å². The van der Waals surface area contributed by atoms with Gasteiger partial charge in [0.1, 0.15) is 0 Å². The molecule has 1 saturated heterocycles. The van der Waals surface area contributed by atoms with Crippen LogP contribution in [0, 0.1) is 0 Å². The zero-order valence-corrected chi connectivity index (χ0v) is 14.7. The number of hydrogen-bond donors (Lipinski definition) is 1. The molecule has 0 amide bonds. The topological polar surface area (TPSA) is 69.6 Å². The second-order valence-electron chi connectivity index (χ2n) is 6.68. The van der Waals surface area contributed by atoms with Gasteiger partial charge in [0.15, 0.2) is 5.75 Å². The molecule has 0 radical (unpaired) electrons. The Balaban J connectivity index is 1.69. The van der Waals surface area contributed by atoms with Gasteiger partial charge >= 0.3 is 0 Å². The van der Waals surface area contributed by atoms with Gasteiger partial charge in [0.25, 0.3) is 0 Å². The molecule has 132 valence electrons. The smallest absolute Gasteiger partial charge is 0.225 e. The SMILES string of the molecule is CC(C)c1ccc(CN2CCN(c3ncccn3)CC2)c(O)c(=O)c1. The van der Waals surface area contributed by atoms with Gasteiger partial charge in [-0.3, -0.25) is 9.69 Å². The van der Waals surface area contributed by atoms with Crippen LogP contribution in [0.4, 0.5) is 5.95 Å². The number of aromatic hydroxyl groups is 1. The molecule has 2 heterocycles. The van der Waals surface area contributed by atoms with E-state index in [0.29, 0.717) is 12.1 Å².